The molecular weight excluding hydrogens is 334 g/mol. The number of aromatic nitrogens is 2. The molecule has 1 heterocycles. The van der Waals surface area contributed by atoms with E-state index in [1.807, 2.05) is 48.9 Å². The van der Waals surface area contributed by atoms with Crippen LogP contribution in [0.5, 0.6) is 0 Å². The monoisotopic (exact) mass is 361 g/mol. The molecule has 0 fully saturated rings. The number of hydrogen-bond acceptors (Lipinski definition) is 2. The molecule has 3 aromatic rings. The van der Waals surface area contributed by atoms with E-state index in [-0.39, 0.29) is 11.9 Å². The van der Waals surface area contributed by atoms with Crippen molar-refractivity contribution in [2.45, 2.75) is 46.6 Å². The SMILES string of the molecule is CC[C@H](NC(=O)Cc1c(C)nn(-c2ccccc2)c1C)c1ccc(C)cc1. The molecule has 140 valence electrons. The molecule has 0 aliphatic rings. The summed E-state index contributed by atoms with van der Waals surface area (Å²) in [5.74, 6) is 0.0289. The number of carbonyl (C=O) groups is 1. The molecule has 27 heavy (non-hydrogen) atoms. The van der Waals surface area contributed by atoms with E-state index in [9.17, 15) is 4.79 Å². The van der Waals surface area contributed by atoms with Gasteiger partial charge in [-0.05, 0) is 44.9 Å². The van der Waals surface area contributed by atoms with Crippen molar-refractivity contribution in [3.05, 3.63) is 82.7 Å². The fraction of sp³-hybridized carbons (Fsp3) is 0.304. The van der Waals surface area contributed by atoms with E-state index in [0.29, 0.717) is 6.42 Å². The number of nitrogens with zero attached hydrogens (tertiary/aromatic N) is 2. The first-order valence-corrected chi connectivity index (χ1v) is 9.46. The van der Waals surface area contributed by atoms with Gasteiger partial charge in [-0.2, -0.15) is 5.10 Å². The Balaban J connectivity index is 1.76. The second-order valence-corrected chi connectivity index (χ2v) is 7.01. The van der Waals surface area contributed by atoms with E-state index >= 15 is 0 Å². The van der Waals surface area contributed by atoms with Gasteiger partial charge in [0.1, 0.15) is 0 Å². The maximum Gasteiger partial charge on any atom is 0.225 e. The number of aryl methyl sites for hydroxylation is 2. The molecule has 4 nitrogen and oxygen atoms in total. The van der Waals surface area contributed by atoms with Crippen LogP contribution in [0.1, 0.15) is 47.5 Å². The highest BCUT2D eigenvalue weighted by molar-refractivity contribution is 5.79. The average Bonchev–Trinajstić information content (AvgIpc) is 2.96. The average molecular weight is 361 g/mol. The van der Waals surface area contributed by atoms with E-state index in [0.717, 1.165) is 34.6 Å². The largest absolute Gasteiger partial charge is 0.349 e. The fourth-order valence-electron chi connectivity index (χ4n) is 3.38. The lowest BCUT2D eigenvalue weighted by Gasteiger charge is -2.18. The lowest BCUT2D eigenvalue weighted by molar-refractivity contribution is -0.121. The maximum absolute atomic E-state index is 12.7. The zero-order chi connectivity index (χ0) is 19.4. The Morgan fingerprint density at radius 1 is 1.04 bits per heavy atom. The molecule has 0 saturated heterocycles. The summed E-state index contributed by atoms with van der Waals surface area (Å²) in [5, 5.41) is 7.82. The van der Waals surface area contributed by atoms with Crippen LogP contribution in [0.25, 0.3) is 5.69 Å². The summed E-state index contributed by atoms with van der Waals surface area (Å²) in [5.41, 5.74) is 6.28. The minimum Gasteiger partial charge on any atom is -0.349 e. The van der Waals surface area contributed by atoms with Crippen molar-refractivity contribution in [3.63, 3.8) is 0 Å². The molecule has 0 aliphatic carbocycles. The Morgan fingerprint density at radius 3 is 2.33 bits per heavy atom. The van der Waals surface area contributed by atoms with Crippen LogP contribution in [0.3, 0.4) is 0 Å². The summed E-state index contributed by atoms with van der Waals surface area (Å²) in [6, 6.07) is 18.4. The highest BCUT2D eigenvalue weighted by atomic mass is 16.1. The van der Waals surface area contributed by atoms with Gasteiger partial charge in [-0.25, -0.2) is 4.68 Å². The summed E-state index contributed by atoms with van der Waals surface area (Å²) < 4.78 is 1.91. The molecular formula is C23H27N3O. The van der Waals surface area contributed by atoms with Crippen LogP contribution >= 0.6 is 0 Å². The van der Waals surface area contributed by atoms with Crippen molar-refractivity contribution in [1.29, 1.82) is 0 Å². The van der Waals surface area contributed by atoms with Crippen molar-refractivity contribution < 1.29 is 4.79 Å². The van der Waals surface area contributed by atoms with Crippen LogP contribution in [0.2, 0.25) is 0 Å². The van der Waals surface area contributed by atoms with Gasteiger partial charge in [0.25, 0.3) is 0 Å². The Hall–Kier alpha value is -2.88. The third-order valence-corrected chi connectivity index (χ3v) is 5.00. The molecule has 0 bridgehead atoms. The highest BCUT2D eigenvalue weighted by Crippen LogP contribution is 2.20. The van der Waals surface area contributed by atoms with Gasteiger partial charge in [0.2, 0.25) is 5.91 Å². The molecule has 1 atom stereocenters. The topological polar surface area (TPSA) is 46.9 Å². The standard InChI is InChI=1S/C23H27N3O/c1-5-22(19-13-11-16(2)12-14-19)24-23(27)15-21-17(3)25-26(18(21)4)20-9-7-6-8-10-20/h6-14,22H,5,15H2,1-4H3,(H,24,27)/t22-/m0/s1. The van der Waals surface area contributed by atoms with Gasteiger partial charge in [0.15, 0.2) is 0 Å². The third kappa shape index (κ3) is 4.27. The molecule has 0 spiro atoms. The Labute approximate surface area is 161 Å². The zero-order valence-electron chi connectivity index (χ0n) is 16.5. The number of carbonyl (C=O) groups excluding carboxylic acids is 1. The van der Waals surface area contributed by atoms with Crippen LogP contribution < -0.4 is 5.32 Å². The number of benzene rings is 2. The quantitative estimate of drug-likeness (QED) is 0.697. The number of hydrogen-bond donors (Lipinski definition) is 1. The maximum atomic E-state index is 12.7. The molecule has 0 radical (unpaired) electrons. The zero-order valence-corrected chi connectivity index (χ0v) is 16.5. The number of para-hydroxylation sites is 1. The third-order valence-electron chi connectivity index (χ3n) is 5.00. The van der Waals surface area contributed by atoms with Crippen LogP contribution in [0, 0.1) is 20.8 Å². The highest BCUT2D eigenvalue weighted by Gasteiger charge is 2.18. The van der Waals surface area contributed by atoms with Crippen LogP contribution in [0.4, 0.5) is 0 Å². The summed E-state index contributed by atoms with van der Waals surface area (Å²) in [4.78, 5) is 12.7. The fourth-order valence-corrected chi connectivity index (χ4v) is 3.38. The van der Waals surface area contributed by atoms with Crippen molar-refractivity contribution in [1.82, 2.24) is 15.1 Å². The first-order chi connectivity index (χ1) is 13.0. The Kier molecular flexibility index (Phi) is 5.75. The molecule has 1 amide bonds. The number of amides is 1. The summed E-state index contributed by atoms with van der Waals surface area (Å²) in [6.07, 6.45) is 1.20. The molecule has 0 saturated carbocycles. The van der Waals surface area contributed by atoms with Crippen molar-refractivity contribution >= 4 is 5.91 Å². The molecule has 4 heteroatoms. The molecule has 3 rings (SSSR count). The molecule has 2 aromatic carbocycles. The van der Waals surface area contributed by atoms with Crippen LogP contribution in [-0.4, -0.2) is 15.7 Å². The lowest BCUT2D eigenvalue weighted by atomic mass is 10.0. The van der Waals surface area contributed by atoms with Gasteiger partial charge in [-0.15, -0.1) is 0 Å². The van der Waals surface area contributed by atoms with E-state index < -0.39 is 0 Å². The van der Waals surface area contributed by atoms with Gasteiger partial charge in [0, 0.05) is 11.3 Å². The smallest absolute Gasteiger partial charge is 0.225 e. The molecule has 1 N–H and O–H groups in total. The normalized spacial score (nSPS) is 12.0. The predicted octanol–water partition coefficient (Wildman–Crippen LogP) is 4.61. The van der Waals surface area contributed by atoms with Crippen molar-refractivity contribution in [3.8, 4) is 5.69 Å². The Morgan fingerprint density at radius 2 is 1.70 bits per heavy atom. The molecule has 0 aliphatic heterocycles. The first-order valence-electron chi connectivity index (χ1n) is 9.46. The van der Waals surface area contributed by atoms with E-state index in [4.69, 9.17) is 0 Å². The van der Waals surface area contributed by atoms with Gasteiger partial charge < -0.3 is 5.32 Å². The van der Waals surface area contributed by atoms with Crippen LogP contribution in [0.15, 0.2) is 54.6 Å². The second-order valence-electron chi connectivity index (χ2n) is 7.01. The molecule has 1 aromatic heterocycles. The van der Waals surface area contributed by atoms with Crippen LogP contribution in [-0.2, 0) is 11.2 Å². The second kappa shape index (κ2) is 8.21. The first kappa shape index (κ1) is 18.9. The predicted molar refractivity (Wildman–Crippen MR) is 109 cm³/mol. The van der Waals surface area contributed by atoms with Crippen molar-refractivity contribution in [2.75, 3.05) is 0 Å². The van der Waals surface area contributed by atoms with Gasteiger partial charge in [0.05, 0.1) is 23.8 Å². The van der Waals surface area contributed by atoms with Gasteiger partial charge in [-0.3, -0.25) is 4.79 Å². The summed E-state index contributed by atoms with van der Waals surface area (Å²) in [6.45, 7) is 8.15. The van der Waals surface area contributed by atoms with E-state index in [2.05, 4.69) is 48.5 Å². The number of nitrogens with one attached hydrogen (secondary N) is 1. The van der Waals surface area contributed by atoms with Gasteiger partial charge in [-0.1, -0.05) is 55.0 Å². The lowest BCUT2D eigenvalue weighted by Crippen LogP contribution is -2.29. The minimum absolute atomic E-state index is 0.0289. The Bertz CT molecular complexity index is 911. The summed E-state index contributed by atoms with van der Waals surface area (Å²) in [7, 11) is 0. The van der Waals surface area contributed by atoms with E-state index in [1.54, 1.807) is 0 Å². The van der Waals surface area contributed by atoms with Crippen molar-refractivity contribution in [2.24, 2.45) is 0 Å². The molecule has 0 unspecified atom stereocenters. The summed E-state index contributed by atoms with van der Waals surface area (Å²) >= 11 is 0. The minimum atomic E-state index is 0.0289. The van der Waals surface area contributed by atoms with E-state index in [1.165, 1.54) is 5.56 Å². The number of rotatable bonds is 6. The van der Waals surface area contributed by atoms with Gasteiger partial charge >= 0.3 is 0 Å².